The summed E-state index contributed by atoms with van der Waals surface area (Å²) >= 11 is 0. The molecule has 0 bridgehead atoms. The van der Waals surface area contributed by atoms with Gasteiger partial charge in [0.25, 0.3) is 0 Å². The third-order valence-corrected chi connectivity index (χ3v) is 4.29. The normalized spacial score (nSPS) is 14.6. The van der Waals surface area contributed by atoms with Crippen LogP contribution in [0.1, 0.15) is 37.5 Å². The van der Waals surface area contributed by atoms with E-state index in [9.17, 15) is 9.90 Å². The predicted octanol–water partition coefficient (Wildman–Crippen LogP) is 4.40. The Morgan fingerprint density at radius 1 is 1.08 bits per heavy atom. The quantitative estimate of drug-likeness (QED) is 0.714. The van der Waals surface area contributed by atoms with Crippen LogP contribution < -0.4 is 4.74 Å². The zero-order chi connectivity index (χ0) is 18.9. The molecule has 138 valence electrons. The molecule has 0 amide bonds. The maximum absolute atomic E-state index is 12.1. The fourth-order valence-corrected chi connectivity index (χ4v) is 2.40. The summed E-state index contributed by atoms with van der Waals surface area (Å²) in [4.78, 5) is 12.1. The highest BCUT2D eigenvalue weighted by atomic mass is 16.6. The fourth-order valence-electron chi connectivity index (χ4n) is 2.40. The van der Waals surface area contributed by atoms with Crippen LogP contribution in [0.3, 0.4) is 0 Å². The first-order chi connectivity index (χ1) is 12.5. The van der Waals surface area contributed by atoms with E-state index in [2.05, 4.69) is 6.08 Å². The van der Waals surface area contributed by atoms with Crippen LogP contribution in [0.5, 0.6) is 5.75 Å². The van der Waals surface area contributed by atoms with E-state index < -0.39 is 12.1 Å². The average molecular weight is 354 g/mol. The molecule has 4 heteroatoms. The van der Waals surface area contributed by atoms with E-state index in [1.54, 1.807) is 6.92 Å². The summed E-state index contributed by atoms with van der Waals surface area (Å²) in [5, 5.41) is 9.51. The minimum absolute atomic E-state index is 0.223. The third-order valence-electron chi connectivity index (χ3n) is 4.29. The van der Waals surface area contributed by atoms with Gasteiger partial charge in [-0.2, -0.15) is 0 Å². The standard InChI is InChI=1S/C22H26O4/c1-16(17(2)23)8-7-9-18-12-14-20(15-13-18)26-21(22(24)25-3)19-10-5-4-6-11-19/h4-7,9-17,21,23H,8H2,1-3H3/b9-7+/t16-,17+,21?/m1/s1. The van der Waals surface area contributed by atoms with Crippen LogP contribution in [0, 0.1) is 5.92 Å². The van der Waals surface area contributed by atoms with Crippen molar-refractivity contribution in [3.8, 4) is 5.75 Å². The van der Waals surface area contributed by atoms with Gasteiger partial charge in [0, 0.05) is 5.56 Å². The van der Waals surface area contributed by atoms with Crippen LogP contribution >= 0.6 is 0 Å². The topological polar surface area (TPSA) is 55.8 Å². The van der Waals surface area contributed by atoms with Crippen molar-refractivity contribution < 1.29 is 19.4 Å². The van der Waals surface area contributed by atoms with Crippen molar-refractivity contribution in [3.05, 3.63) is 71.8 Å². The van der Waals surface area contributed by atoms with Gasteiger partial charge in [-0.25, -0.2) is 4.79 Å². The summed E-state index contributed by atoms with van der Waals surface area (Å²) < 4.78 is 10.7. The van der Waals surface area contributed by atoms with Gasteiger partial charge in [0.05, 0.1) is 13.2 Å². The summed E-state index contributed by atoms with van der Waals surface area (Å²) in [5.41, 5.74) is 1.78. The first kappa shape index (κ1) is 19.7. The second-order valence-corrected chi connectivity index (χ2v) is 6.36. The summed E-state index contributed by atoms with van der Waals surface area (Å²) in [7, 11) is 1.35. The number of aliphatic hydroxyl groups is 1. The summed E-state index contributed by atoms with van der Waals surface area (Å²) in [5.74, 6) is 0.381. The number of rotatable bonds is 8. The van der Waals surface area contributed by atoms with Crippen molar-refractivity contribution in [3.63, 3.8) is 0 Å². The van der Waals surface area contributed by atoms with Crippen LogP contribution in [-0.4, -0.2) is 24.3 Å². The van der Waals surface area contributed by atoms with Gasteiger partial charge in [0.1, 0.15) is 5.75 Å². The maximum atomic E-state index is 12.1. The van der Waals surface area contributed by atoms with Crippen LogP contribution in [0.4, 0.5) is 0 Å². The van der Waals surface area contributed by atoms with E-state index in [4.69, 9.17) is 9.47 Å². The minimum Gasteiger partial charge on any atom is -0.474 e. The second-order valence-electron chi connectivity index (χ2n) is 6.36. The van der Waals surface area contributed by atoms with Gasteiger partial charge in [0.2, 0.25) is 6.10 Å². The highest BCUT2D eigenvalue weighted by molar-refractivity contribution is 5.76. The van der Waals surface area contributed by atoms with Gasteiger partial charge in [-0.3, -0.25) is 0 Å². The molecule has 0 aliphatic rings. The molecule has 0 aliphatic heterocycles. The van der Waals surface area contributed by atoms with E-state index in [1.165, 1.54) is 7.11 Å². The number of benzene rings is 2. The number of hydrogen-bond donors (Lipinski definition) is 1. The predicted molar refractivity (Wildman–Crippen MR) is 103 cm³/mol. The van der Waals surface area contributed by atoms with Crippen molar-refractivity contribution in [1.82, 2.24) is 0 Å². The first-order valence-corrected chi connectivity index (χ1v) is 8.75. The molecule has 1 unspecified atom stereocenters. The number of methoxy groups -OCH3 is 1. The molecule has 26 heavy (non-hydrogen) atoms. The molecular weight excluding hydrogens is 328 g/mol. The number of ether oxygens (including phenoxy) is 2. The zero-order valence-electron chi connectivity index (χ0n) is 15.5. The molecule has 2 rings (SSSR count). The number of carbonyl (C=O) groups excluding carboxylic acids is 1. The molecule has 3 atom stereocenters. The molecule has 4 nitrogen and oxygen atoms in total. The Hall–Kier alpha value is -2.59. The monoisotopic (exact) mass is 354 g/mol. The Bertz CT molecular complexity index is 705. The van der Waals surface area contributed by atoms with Gasteiger partial charge in [-0.05, 0) is 37.0 Å². The zero-order valence-corrected chi connectivity index (χ0v) is 15.5. The second kappa shape index (κ2) is 9.78. The summed E-state index contributed by atoms with van der Waals surface area (Å²) in [6.07, 6.45) is 3.76. The van der Waals surface area contributed by atoms with Crippen molar-refractivity contribution in [2.75, 3.05) is 7.11 Å². The number of esters is 1. The lowest BCUT2D eigenvalue weighted by molar-refractivity contribution is -0.149. The first-order valence-electron chi connectivity index (χ1n) is 8.75. The van der Waals surface area contributed by atoms with Crippen LogP contribution in [0.15, 0.2) is 60.7 Å². The van der Waals surface area contributed by atoms with Gasteiger partial charge < -0.3 is 14.6 Å². The highest BCUT2D eigenvalue weighted by Gasteiger charge is 2.23. The highest BCUT2D eigenvalue weighted by Crippen LogP contribution is 2.24. The molecular formula is C22H26O4. The van der Waals surface area contributed by atoms with Crippen LogP contribution in [-0.2, 0) is 9.53 Å². The number of allylic oxidation sites excluding steroid dienone is 1. The van der Waals surface area contributed by atoms with E-state index in [1.807, 2.05) is 67.6 Å². The minimum atomic E-state index is -0.797. The van der Waals surface area contributed by atoms with Gasteiger partial charge in [-0.1, -0.05) is 61.5 Å². The Morgan fingerprint density at radius 2 is 1.73 bits per heavy atom. The molecule has 0 aliphatic carbocycles. The Labute approximate surface area is 155 Å². The van der Waals surface area contributed by atoms with Gasteiger partial charge >= 0.3 is 5.97 Å². The Balaban J connectivity index is 2.04. The lowest BCUT2D eigenvalue weighted by atomic mass is 10.0. The molecule has 2 aromatic carbocycles. The Morgan fingerprint density at radius 3 is 2.31 bits per heavy atom. The molecule has 0 fully saturated rings. The van der Waals surface area contributed by atoms with Crippen molar-refractivity contribution in [2.45, 2.75) is 32.5 Å². The third kappa shape index (κ3) is 5.74. The molecule has 0 saturated carbocycles. The number of hydrogen-bond acceptors (Lipinski definition) is 4. The molecule has 0 spiro atoms. The van der Waals surface area contributed by atoms with Crippen LogP contribution in [0.25, 0.3) is 6.08 Å². The van der Waals surface area contributed by atoms with Crippen molar-refractivity contribution >= 4 is 12.0 Å². The van der Waals surface area contributed by atoms with Crippen LogP contribution in [0.2, 0.25) is 0 Å². The summed E-state index contributed by atoms with van der Waals surface area (Å²) in [6, 6.07) is 16.8. The fraction of sp³-hybridized carbons (Fsp3) is 0.318. The molecule has 0 saturated heterocycles. The molecule has 0 heterocycles. The van der Waals surface area contributed by atoms with Gasteiger partial charge in [0.15, 0.2) is 0 Å². The largest absolute Gasteiger partial charge is 0.474 e. The maximum Gasteiger partial charge on any atom is 0.351 e. The molecule has 2 aromatic rings. The smallest absolute Gasteiger partial charge is 0.351 e. The van der Waals surface area contributed by atoms with Crippen molar-refractivity contribution in [1.29, 1.82) is 0 Å². The van der Waals surface area contributed by atoms with E-state index in [0.717, 1.165) is 17.5 Å². The van der Waals surface area contributed by atoms with E-state index in [-0.39, 0.29) is 12.0 Å². The number of aliphatic hydroxyl groups excluding tert-OH is 1. The lowest BCUT2D eigenvalue weighted by Crippen LogP contribution is -2.20. The molecule has 0 radical (unpaired) electrons. The van der Waals surface area contributed by atoms with E-state index in [0.29, 0.717) is 5.75 Å². The summed E-state index contributed by atoms with van der Waals surface area (Å²) in [6.45, 7) is 3.82. The van der Waals surface area contributed by atoms with Crippen molar-refractivity contribution in [2.24, 2.45) is 5.92 Å². The Kier molecular flexibility index (Phi) is 7.42. The van der Waals surface area contributed by atoms with Gasteiger partial charge in [-0.15, -0.1) is 0 Å². The lowest BCUT2D eigenvalue weighted by Gasteiger charge is -2.17. The average Bonchev–Trinajstić information content (AvgIpc) is 2.67. The van der Waals surface area contributed by atoms with E-state index >= 15 is 0 Å². The number of carbonyl (C=O) groups is 1. The molecule has 1 N–H and O–H groups in total. The SMILES string of the molecule is COC(=O)C(Oc1ccc(/C=C/C[C@@H](C)[C@H](C)O)cc1)c1ccccc1. The molecule has 0 aromatic heterocycles.